The van der Waals surface area contributed by atoms with Crippen molar-refractivity contribution in [1.82, 2.24) is 10.6 Å². The zero-order valence-electron chi connectivity index (χ0n) is 6.59. The van der Waals surface area contributed by atoms with Crippen molar-refractivity contribution in [3.05, 3.63) is 24.4 Å². The second kappa shape index (κ2) is 3.09. The smallest absolute Gasteiger partial charge is 0.0457 e. The molecule has 0 fully saturated rings. The predicted molar refractivity (Wildman–Crippen MR) is 46.2 cm³/mol. The van der Waals surface area contributed by atoms with E-state index in [1.165, 1.54) is 12.8 Å². The van der Waals surface area contributed by atoms with E-state index < -0.39 is 0 Å². The maximum absolute atomic E-state index is 3.42. The van der Waals surface area contributed by atoms with E-state index in [-0.39, 0.29) is 0 Å². The third kappa shape index (κ3) is 1.46. The van der Waals surface area contributed by atoms with E-state index in [4.69, 9.17) is 0 Å². The molecule has 2 heteroatoms. The predicted octanol–water partition coefficient (Wildman–Crippen LogP) is 0.780. The van der Waals surface area contributed by atoms with Crippen LogP contribution in [0.1, 0.15) is 12.8 Å². The van der Waals surface area contributed by atoms with Gasteiger partial charge in [0.15, 0.2) is 0 Å². The van der Waals surface area contributed by atoms with Crippen molar-refractivity contribution in [1.29, 1.82) is 0 Å². The lowest BCUT2D eigenvalue weighted by molar-refractivity contribution is 0.444. The third-order valence-corrected chi connectivity index (χ3v) is 2.32. The maximum Gasteiger partial charge on any atom is 0.0457 e. The number of allylic oxidation sites excluding steroid dienone is 1. The Balaban J connectivity index is 1.93. The van der Waals surface area contributed by atoms with Crippen molar-refractivity contribution in [3.63, 3.8) is 0 Å². The fourth-order valence-electron chi connectivity index (χ4n) is 1.68. The molecular weight excluding hydrogens is 136 g/mol. The van der Waals surface area contributed by atoms with E-state index in [1.54, 1.807) is 0 Å². The lowest BCUT2D eigenvalue weighted by Crippen LogP contribution is -2.43. The van der Waals surface area contributed by atoms with Gasteiger partial charge < -0.3 is 10.6 Å². The summed E-state index contributed by atoms with van der Waals surface area (Å²) >= 11 is 0. The molecule has 0 amide bonds. The van der Waals surface area contributed by atoms with Gasteiger partial charge in [0.05, 0.1) is 0 Å². The van der Waals surface area contributed by atoms with Crippen LogP contribution in [0.4, 0.5) is 0 Å². The summed E-state index contributed by atoms with van der Waals surface area (Å²) in [6.45, 7) is 1.03. The molecule has 11 heavy (non-hydrogen) atoms. The average molecular weight is 150 g/mol. The number of hydrogen-bond donors (Lipinski definition) is 2. The monoisotopic (exact) mass is 150 g/mol. The topological polar surface area (TPSA) is 24.1 Å². The first-order valence-electron chi connectivity index (χ1n) is 4.28. The first-order chi connectivity index (χ1) is 5.47. The van der Waals surface area contributed by atoms with Crippen molar-refractivity contribution in [2.75, 3.05) is 6.54 Å². The summed E-state index contributed by atoms with van der Waals surface area (Å²) < 4.78 is 0. The van der Waals surface area contributed by atoms with Gasteiger partial charge in [0.25, 0.3) is 0 Å². The fraction of sp³-hybridized carbons (Fsp3) is 0.556. The Bertz CT molecular complexity index is 184. The Morgan fingerprint density at radius 1 is 1.27 bits per heavy atom. The Morgan fingerprint density at radius 2 is 2.27 bits per heavy atom. The second-order valence-electron chi connectivity index (χ2n) is 3.12. The Morgan fingerprint density at radius 3 is 2.91 bits per heavy atom. The van der Waals surface area contributed by atoms with Crippen LogP contribution in [0.3, 0.4) is 0 Å². The van der Waals surface area contributed by atoms with Crippen LogP contribution >= 0.6 is 0 Å². The molecule has 0 aromatic rings. The molecule has 0 radical (unpaired) electrons. The first-order valence-corrected chi connectivity index (χ1v) is 4.28. The molecule has 0 aromatic heterocycles. The summed E-state index contributed by atoms with van der Waals surface area (Å²) in [6.07, 6.45) is 11.2. The molecule has 2 nitrogen and oxygen atoms in total. The highest BCUT2D eigenvalue weighted by atomic mass is 15.0. The molecule has 60 valence electrons. The highest BCUT2D eigenvalue weighted by Gasteiger charge is 2.19. The van der Waals surface area contributed by atoms with Gasteiger partial charge in [0, 0.05) is 18.6 Å². The van der Waals surface area contributed by atoms with Gasteiger partial charge in [-0.05, 0) is 19.0 Å². The molecule has 2 heterocycles. The fourth-order valence-corrected chi connectivity index (χ4v) is 1.68. The van der Waals surface area contributed by atoms with Gasteiger partial charge in [-0.25, -0.2) is 0 Å². The number of nitrogens with one attached hydrogen (secondary N) is 2. The van der Waals surface area contributed by atoms with E-state index in [1.807, 2.05) is 0 Å². The molecule has 0 spiro atoms. The van der Waals surface area contributed by atoms with E-state index in [0.29, 0.717) is 12.1 Å². The molecule has 2 N–H and O–H groups in total. The zero-order valence-corrected chi connectivity index (χ0v) is 6.59. The van der Waals surface area contributed by atoms with Crippen LogP contribution in [0, 0.1) is 0 Å². The summed E-state index contributed by atoms with van der Waals surface area (Å²) in [5, 5.41) is 6.79. The van der Waals surface area contributed by atoms with Crippen LogP contribution < -0.4 is 10.6 Å². The lowest BCUT2D eigenvalue weighted by Gasteiger charge is -2.25. The van der Waals surface area contributed by atoms with Gasteiger partial charge in [-0.2, -0.15) is 0 Å². The molecular formula is C9H14N2. The molecule has 2 atom stereocenters. The van der Waals surface area contributed by atoms with E-state index >= 15 is 0 Å². The Kier molecular flexibility index (Phi) is 1.95. The van der Waals surface area contributed by atoms with Gasteiger partial charge in [0.1, 0.15) is 0 Å². The van der Waals surface area contributed by atoms with E-state index in [9.17, 15) is 0 Å². The van der Waals surface area contributed by atoms with Gasteiger partial charge in [-0.3, -0.25) is 0 Å². The van der Waals surface area contributed by atoms with Crippen molar-refractivity contribution in [2.45, 2.75) is 24.9 Å². The van der Waals surface area contributed by atoms with Crippen molar-refractivity contribution >= 4 is 0 Å². The molecule has 2 aliphatic heterocycles. The summed E-state index contributed by atoms with van der Waals surface area (Å²) in [5.74, 6) is 0. The first kappa shape index (κ1) is 6.92. The molecule has 0 saturated carbocycles. The average Bonchev–Trinajstić information content (AvgIpc) is 2.58. The molecule has 0 aliphatic carbocycles. The van der Waals surface area contributed by atoms with Gasteiger partial charge >= 0.3 is 0 Å². The van der Waals surface area contributed by atoms with Crippen LogP contribution in [0.25, 0.3) is 0 Å². The lowest BCUT2D eigenvalue weighted by atomic mass is 10.0. The largest absolute Gasteiger partial charge is 0.387 e. The molecule has 0 aromatic carbocycles. The quantitative estimate of drug-likeness (QED) is 0.540. The molecule has 0 saturated heterocycles. The molecule has 2 aliphatic rings. The second-order valence-corrected chi connectivity index (χ2v) is 3.12. The zero-order chi connectivity index (χ0) is 7.52. The van der Waals surface area contributed by atoms with Crippen LogP contribution in [-0.4, -0.2) is 18.6 Å². The van der Waals surface area contributed by atoms with E-state index in [0.717, 1.165) is 6.54 Å². The molecule has 2 unspecified atom stereocenters. The van der Waals surface area contributed by atoms with Crippen molar-refractivity contribution < 1.29 is 0 Å². The van der Waals surface area contributed by atoms with Crippen molar-refractivity contribution in [3.8, 4) is 0 Å². The van der Waals surface area contributed by atoms with Crippen LogP contribution in [0.5, 0.6) is 0 Å². The Labute approximate surface area is 67.4 Å². The van der Waals surface area contributed by atoms with Gasteiger partial charge in [-0.15, -0.1) is 0 Å². The summed E-state index contributed by atoms with van der Waals surface area (Å²) in [6, 6.07) is 1.17. The number of rotatable bonds is 1. The van der Waals surface area contributed by atoms with E-state index in [2.05, 4.69) is 35.1 Å². The summed E-state index contributed by atoms with van der Waals surface area (Å²) in [4.78, 5) is 0. The standard InChI is InChI=1S/C9H14N2/c1-2-6-10-8(4-1)9-5-3-7-11-9/h2-3,5-6,8-11H,1,4,7H2. The minimum Gasteiger partial charge on any atom is -0.387 e. The normalized spacial score (nSPS) is 35.6. The van der Waals surface area contributed by atoms with Crippen molar-refractivity contribution in [2.24, 2.45) is 0 Å². The number of hydrogen-bond acceptors (Lipinski definition) is 2. The van der Waals surface area contributed by atoms with Crippen LogP contribution in [0.15, 0.2) is 24.4 Å². The Hall–Kier alpha value is -0.760. The highest BCUT2D eigenvalue weighted by Crippen LogP contribution is 2.11. The van der Waals surface area contributed by atoms with Gasteiger partial charge in [-0.1, -0.05) is 18.2 Å². The maximum atomic E-state index is 3.42. The third-order valence-electron chi connectivity index (χ3n) is 2.32. The van der Waals surface area contributed by atoms with Crippen LogP contribution in [-0.2, 0) is 0 Å². The summed E-state index contributed by atoms with van der Waals surface area (Å²) in [5.41, 5.74) is 0. The van der Waals surface area contributed by atoms with Crippen LogP contribution in [0.2, 0.25) is 0 Å². The minimum atomic E-state index is 0.556. The van der Waals surface area contributed by atoms with Gasteiger partial charge in [0.2, 0.25) is 0 Å². The summed E-state index contributed by atoms with van der Waals surface area (Å²) in [7, 11) is 0. The minimum absolute atomic E-state index is 0.556. The highest BCUT2D eigenvalue weighted by molar-refractivity contribution is 5.09. The SMILES string of the molecule is C1=CNC(C2C=CCN2)CC1. The molecule has 2 rings (SSSR count). The molecule has 0 bridgehead atoms.